The summed E-state index contributed by atoms with van der Waals surface area (Å²) in [6.45, 7) is 0.824. The molecule has 8 bridgehead atoms. The average molecular weight is 1640 g/mol. The Bertz CT molecular complexity index is 6130. The topological polar surface area (TPSA) is 176 Å². The van der Waals surface area contributed by atoms with E-state index in [4.69, 9.17) is 28.9 Å². The number of aromatic amines is 2. The number of carbonyl (C=O) groups is 4. The molecule has 12 aromatic carbocycles. The number of H-pyrrole nitrogens is 2. The molecule has 21 rings (SSSR count). The van der Waals surface area contributed by atoms with E-state index in [2.05, 4.69) is 175 Å². The van der Waals surface area contributed by atoms with Crippen LogP contribution >= 0.6 is 47.0 Å². The first-order chi connectivity index (χ1) is 59.2. The molecule has 0 saturated carbocycles. The number of aldehydes is 4. The molecule has 0 unspecified atom stereocenters. The zero-order chi connectivity index (χ0) is 80.3. The summed E-state index contributed by atoms with van der Waals surface area (Å²) in [4.78, 5) is 84.0. The monoisotopic (exact) mass is 1630 g/mol. The van der Waals surface area contributed by atoms with Crippen LogP contribution in [0.2, 0.25) is 0 Å². The van der Waals surface area contributed by atoms with Crippen molar-refractivity contribution in [2.75, 3.05) is 46.5 Å². The Morgan fingerprint density at radius 2 is 0.467 bits per heavy atom. The number of fused-ring (bicyclic) bond motifs is 16. The molecule has 0 atom stereocenters. The van der Waals surface area contributed by atoms with Gasteiger partial charge in [-0.2, -0.15) is 0 Å². The van der Waals surface area contributed by atoms with Gasteiger partial charge in [0.25, 0.3) is 0 Å². The molecule has 3 aromatic heterocycles. The van der Waals surface area contributed by atoms with Crippen LogP contribution in [0.5, 0.6) is 23.0 Å². The number of benzene rings is 12. The lowest BCUT2D eigenvalue weighted by atomic mass is 10.0. The molecular formula is C100H66N8O8S4. The van der Waals surface area contributed by atoms with Gasteiger partial charge in [-0.15, -0.1) is 0 Å². The van der Waals surface area contributed by atoms with Crippen LogP contribution in [0.25, 0.3) is 90.9 Å². The lowest BCUT2D eigenvalue weighted by Gasteiger charge is -2.32. The van der Waals surface area contributed by atoms with Gasteiger partial charge in [0.1, 0.15) is 48.1 Å². The van der Waals surface area contributed by atoms with Gasteiger partial charge >= 0.3 is 0 Å². The van der Waals surface area contributed by atoms with Crippen molar-refractivity contribution < 1.29 is 38.1 Å². The van der Waals surface area contributed by atoms with Crippen LogP contribution in [-0.2, 0) is 0 Å². The first-order valence-corrected chi connectivity index (χ1v) is 42.1. The Morgan fingerprint density at radius 1 is 0.250 bits per heavy atom. The maximum atomic E-state index is 12.0. The van der Waals surface area contributed by atoms with Crippen molar-refractivity contribution in [2.24, 2.45) is 0 Å². The quantitative estimate of drug-likeness (QED) is 0.0689. The van der Waals surface area contributed by atoms with E-state index >= 15 is 0 Å². The SMILES string of the molecule is O=Cc1ccc2c(c1)Sc1ccccc1N2COc1ccc(-c2c3nc(c(-c4ccc(OCN5c6ccccc6Sc6cc(C=O)ccc65)cc4)c4ccc([nH]4)c(-c4ccc(OCN5c6ccccc6Sc6cc(C=O)ccc65)cc4)c4nc(c(-c5ccc(OCN6c7ccccc7Sc7cc(C=O)ccc76)cc5)c5ccc2[nH]5)C=C4)C=C3)cc1. The minimum atomic E-state index is 0.206. The molecule has 9 heterocycles. The van der Waals surface area contributed by atoms with E-state index in [1.54, 1.807) is 47.0 Å². The summed E-state index contributed by atoms with van der Waals surface area (Å²) in [7, 11) is 0. The summed E-state index contributed by atoms with van der Waals surface area (Å²) in [5.41, 5.74) is 23.2. The van der Waals surface area contributed by atoms with Gasteiger partial charge in [-0.25, -0.2) is 9.97 Å². The van der Waals surface area contributed by atoms with Gasteiger partial charge < -0.3 is 48.5 Å². The number of carbonyl (C=O) groups excluding carboxylic acids is 4. The van der Waals surface area contributed by atoms with Crippen molar-refractivity contribution in [3.05, 3.63) is 336 Å². The van der Waals surface area contributed by atoms with Crippen molar-refractivity contribution in [3.8, 4) is 67.5 Å². The lowest BCUT2D eigenvalue weighted by molar-refractivity contribution is 0.111. The second kappa shape index (κ2) is 31.3. The Labute approximate surface area is 706 Å². The molecule has 0 radical (unpaired) electrons. The van der Waals surface area contributed by atoms with Crippen LogP contribution in [0.3, 0.4) is 0 Å². The van der Waals surface area contributed by atoms with Crippen LogP contribution in [0, 0.1) is 0 Å². The first kappa shape index (κ1) is 73.4. The van der Waals surface area contributed by atoms with Gasteiger partial charge in [0.15, 0.2) is 26.9 Å². The fourth-order valence-corrected chi connectivity index (χ4v) is 20.7. The summed E-state index contributed by atoms with van der Waals surface area (Å²) in [5.74, 6) is 2.62. The highest BCUT2D eigenvalue weighted by atomic mass is 32.2. The van der Waals surface area contributed by atoms with E-state index in [1.165, 1.54) is 0 Å². The predicted octanol–water partition coefficient (Wildman–Crippen LogP) is 25.1. The zero-order valence-electron chi connectivity index (χ0n) is 63.7. The molecular weight excluding hydrogens is 1570 g/mol. The minimum absolute atomic E-state index is 0.206. The second-order valence-electron chi connectivity index (χ2n) is 29.1. The highest BCUT2D eigenvalue weighted by Crippen LogP contribution is 2.54. The van der Waals surface area contributed by atoms with Gasteiger partial charge in [0.2, 0.25) is 0 Å². The molecule has 20 heteroatoms. The largest absolute Gasteiger partial charge is 0.473 e. The van der Waals surface area contributed by atoms with Crippen LogP contribution in [0.4, 0.5) is 45.5 Å². The standard InChI is InChI=1S/C100H66N8O8S4/c109-53-61-17-45-85-93(49-61)117-89-13-5-1-9-81(89)105(85)57-113-69-29-21-65(22-30-69)97-73-37-39-75(101-73)98(66-23-31-70(32-24-66)114-58-106-82-10-2-6-14-90(82)118-94-50-62(54-110)18-46-86(94)106)77-41-43-79(103-77)100(68-27-35-72(36-28-68)116-60-108-84-12-4-8-16-92(84)120-96-52-64(56-112)20-48-88(96)108)80-44-42-78(104-80)99(76-40-38-74(97)102-76)67-25-33-71(34-26-67)115-59-107-83-11-3-7-15-91(83)119-95-51-63(55-111)19-47-87(95)107/h1-56,101,104H,57-60H2. The Balaban J connectivity index is 0.696. The van der Waals surface area contributed by atoms with Crippen molar-refractivity contribution in [2.45, 2.75) is 39.2 Å². The van der Waals surface area contributed by atoms with E-state index in [1.807, 2.05) is 170 Å². The Morgan fingerprint density at radius 3 is 0.692 bits per heavy atom. The van der Waals surface area contributed by atoms with Crippen LogP contribution in [-0.4, -0.2) is 72.0 Å². The van der Waals surface area contributed by atoms with E-state index < -0.39 is 0 Å². The fraction of sp³-hybridized carbons (Fsp3) is 0.0400. The maximum Gasteiger partial charge on any atom is 0.165 e. The third-order valence-corrected chi connectivity index (χ3v) is 26.4. The van der Waals surface area contributed by atoms with E-state index in [0.29, 0.717) is 68.0 Å². The fourth-order valence-electron chi connectivity index (χ4n) is 16.1. The molecule has 6 aliphatic heterocycles. The van der Waals surface area contributed by atoms with E-state index in [9.17, 15) is 19.2 Å². The Hall–Kier alpha value is -14.3. The van der Waals surface area contributed by atoms with Gasteiger partial charge in [-0.3, -0.25) is 19.2 Å². The van der Waals surface area contributed by atoms with Gasteiger partial charge in [-0.05, 0) is 241 Å². The number of ether oxygens (including phenoxy) is 4. The number of aromatic nitrogens is 4. The summed E-state index contributed by atoms with van der Waals surface area (Å²) >= 11 is 6.55. The number of nitrogens with one attached hydrogen (secondary N) is 2. The highest BCUT2D eigenvalue weighted by Gasteiger charge is 2.31. The van der Waals surface area contributed by atoms with Crippen molar-refractivity contribution in [1.29, 1.82) is 0 Å². The van der Waals surface area contributed by atoms with Crippen LogP contribution < -0.4 is 38.5 Å². The van der Waals surface area contributed by atoms with Crippen molar-refractivity contribution in [3.63, 3.8) is 0 Å². The normalized spacial score (nSPS) is 13.0. The smallest absolute Gasteiger partial charge is 0.165 e. The van der Waals surface area contributed by atoms with Gasteiger partial charge in [-0.1, -0.05) is 144 Å². The summed E-state index contributed by atoms with van der Waals surface area (Å²) in [6, 6.07) is 97.0. The summed E-state index contributed by atoms with van der Waals surface area (Å²) in [6.07, 6.45) is 11.9. The molecule has 578 valence electrons. The van der Waals surface area contributed by atoms with Crippen molar-refractivity contribution in [1.82, 2.24) is 19.9 Å². The highest BCUT2D eigenvalue weighted by molar-refractivity contribution is 8.00. The first-order valence-electron chi connectivity index (χ1n) is 38.8. The molecule has 120 heavy (non-hydrogen) atoms. The molecule has 0 saturated heterocycles. The molecule has 16 nitrogen and oxygen atoms in total. The number of hydrogen-bond acceptors (Lipinski definition) is 18. The molecule has 0 fully saturated rings. The number of para-hydroxylation sites is 4. The van der Waals surface area contributed by atoms with Crippen molar-refractivity contribution >= 4 is 164 Å². The predicted molar refractivity (Wildman–Crippen MR) is 481 cm³/mol. The third-order valence-electron chi connectivity index (χ3n) is 21.9. The third kappa shape index (κ3) is 13.8. The number of hydrogen-bond donors (Lipinski definition) is 2. The lowest BCUT2D eigenvalue weighted by Crippen LogP contribution is -2.25. The average Bonchev–Trinajstić information content (AvgIpc) is 1.67. The molecule has 0 amide bonds. The van der Waals surface area contributed by atoms with E-state index in [0.717, 1.165) is 176 Å². The molecule has 0 aliphatic carbocycles. The molecule has 6 aliphatic rings. The summed E-state index contributed by atoms with van der Waals surface area (Å²) in [5, 5.41) is 0. The van der Waals surface area contributed by atoms with Gasteiger partial charge in [0, 0.05) is 106 Å². The molecule has 0 spiro atoms. The zero-order valence-corrected chi connectivity index (χ0v) is 67.0. The Kier molecular flexibility index (Phi) is 19.1. The number of rotatable bonds is 20. The second-order valence-corrected chi connectivity index (χ2v) is 33.4. The molecule has 15 aromatic rings. The van der Waals surface area contributed by atoms with Crippen LogP contribution in [0.15, 0.2) is 330 Å². The maximum absolute atomic E-state index is 12.0. The molecule has 2 N–H and O–H groups in total. The number of nitrogens with zero attached hydrogens (tertiary/aromatic N) is 6. The van der Waals surface area contributed by atoms with E-state index in [-0.39, 0.29) is 26.9 Å². The minimum Gasteiger partial charge on any atom is -0.473 e. The summed E-state index contributed by atoms with van der Waals surface area (Å²) < 4.78 is 27.0. The van der Waals surface area contributed by atoms with Gasteiger partial charge in [0.05, 0.1) is 68.3 Å². The van der Waals surface area contributed by atoms with Crippen LogP contribution in [0.1, 0.15) is 64.2 Å². The number of anilines is 8.